The van der Waals surface area contributed by atoms with Crippen LogP contribution >= 0.6 is 11.8 Å². The maximum atomic E-state index is 11.7. The number of nitriles is 1. The van der Waals surface area contributed by atoms with E-state index in [9.17, 15) is 10.1 Å². The lowest BCUT2D eigenvalue weighted by Gasteiger charge is -2.25. The summed E-state index contributed by atoms with van der Waals surface area (Å²) in [5.74, 6) is -0.140. The van der Waals surface area contributed by atoms with Gasteiger partial charge in [0.25, 0.3) is 0 Å². The van der Waals surface area contributed by atoms with E-state index in [1.165, 1.54) is 11.8 Å². The van der Waals surface area contributed by atoms with Crippen molar-refractivity contribution in [1.29, 1.82) is 5.26 Å². The number of thioether (sulfide) groups is 1. The highest BCUT2D eigenvalue weighted by Gasteiger charge is 2.29. The molecule has 4 heteroatoms. The van der Waals surface area contributed by atoms with E-state index in [0.29, 0.717) is 17.0 Å². The number of hydrogen-bond acceptors (Lipinski definition) is 3. The van der Waals surface area contributed by atoms with Gasteiger partial charge in [-0.3, -0.25) is 4.79 Å². The molecular formula is C14H14N2OS. The molecule has 1 atom stereocenters. The summed E-state index contributed by atoms with van der Waals surface area (Å²) in [5.41, 5.74) is 2.84. The fourth-order valence-corrected chi connectivity index (χ4v) is 2.85. The standard InChI is InChI=1S/C14H14N2OS/c1-9-5-3-4-6-10(9)11-7-13(17)16-14(18-2)12(11)8-15/h3-6,11H,7H2,1-2H3,(H,16,17)/t11-/m0/s1. The van der Waals surface area contributed by atoms with Crippen molar-refractivity contribution in [3.05, 3.63) is 46.0 Å². The Hall–Kier alpha value is -1.73. The number of rotatable bonds is 2. The van der Waals surface area contributed by atoms with E-state index in [2.05, 4.69) is 11.4 Å². The third-order valence-corrected chi connectivity index (χ3v) is 3.85. The normalized spacial score (nSPS) is 19.4. The van der Waals surface area contributed by atoms with E-state index < -0.39 is 0 Å². The van der Waals surface area contributed by atoms with Gasteiger partial charge in [-0.05, 0) is 24.3 Å². The first-order valence-electron chi connectivity index (χ1n) is 5.71. The molecule has 1 aromatic carbocycles. The predicted molar refractivity (Wildman–Crippen MR) is 72.8 cm³/mol. The second-order valence-corrected chi connectivity index (χ2v) is 5.04. The maximum Gasteiger partial charge on any atom is 0.225 e. The molecule has 0 spiro atoms. The van der Waals surface area contributed by atoms with Crippen LogP contribution in [-0.4, -0.2) is 12.2 Å². The Morgan fingerprint density at radius 2 is 2.17 bits per heavy atom. The van der Waals surface area contributed by atoms with Crippen molar-refractivity contribution in [2.24, 2.45) is 0 Å². The Morgan fingerprint density at radius 3 is 2.78 bits per heavy atom. The highest BCUT2D eigenvalue weighted by molar-refractivity contribution is 8.02. The van der Waals surface area contributed by atoms with Crippen LogP contribution in [0.2, 0.25) is 0 Å². The molecule has 0 saturated heterocycles. The van der Waals surface area contributed by atoms with Crippen LogP contribution in [0.1, 0.15) is 23.5 Å². The van der Waals surface area contributed by atoms with Gasteiger partial charge < -0.3 is 5.32 Å². The Kier molecular flexibility index (Phi) is 3.73. The van der Waals surface area contributed by atoms with E-state index in [-0.39, 0.29) is 11.8 Å². The molecule has 0 bridgehead atoms. The molecule has 1 heterocycles. The van der Waals surface area contributed by atoms with E-state index in [1.807, 2.05) is 37.4 Å². The average Bonchev–Trinajstić information content (AvgIpc) is 2.38. The molecule has 1 aliphatic heterocycles. The van der Waals surface area contributed by atoms with Gasteiger partial charge in [-0.1, -0.05) is 24.3 Å². The molecule has 92 valence electrons. The number of benzene rings is 1. The van der Waals surface area contributed by atoms with E-state index in [4.69, 9.17) is 0 Å². The zero-order valence-electron chi connectivity index (χ0n) is 10.4. The number of allylic oxidation sites excluding steroid dienone is 1. The molecule has 2 rings (SSSR count). The number of nitrogens with zero attached hydrogens (tertiary/aromatic N) is 1. The minimum atomic E-state index is -0.118. The molecule has 0 fully saturated rings. The van der Waals surface area contributed by atoms with Crippen LogP contribution in [0.5, 0.6) is 0 Å². The van der Waals surface area contributed by atoms with Crippen LogP contribution in [0, 0.1) is 18.3 Å². The van der Waals surface area contributed by atoms with Crippen molar-refractivity contribution >= 4 is 17.7 Å². The van der Waals surface area contributed by atoms with Crippen LogP contribution < -0.4 is 5.32 Å². The van der Waals surface area contributed by atoms with Crippen molar-refractivity contribution in [1.82, 2.24) is 5.32 Å². The Labute approximate surface area is 111 Å². The fourth-order valence-electron chi connectivity index (χ4n) is 2.22. The first-order valence-corrected chi connectivity index (χ1v) is 6.93. The van der Waals surface area contributed by atoms with Gasteiger partial charge in [-0.15, -0.1) is 11.8 Å². The lowest BCUT2D eigenvalue weighted by atomic mass is 9.85. The summed E-state index contributed by atoms with van der Waals surface area (Å²) in [5, 5.41) is 12.8. The minimum absolute atomic E-state index is 0.0217. The topological polar surface area (TPSA) is 52.9 Å². The van der Waals surface area contributed by atoms with Crippen LogP contribution in [0.3, 0.4) is 0 Å². The summed E-state index contributed by atoms with van der Waals surface area (Å²) >= 11 is 1.41. The molecule has 1 aromatic rings. The van der Waals surface area contributed by atoms with Gasteiger partial charge in [0.05, 0.1) is 16.7 Å². The van der Waals surface area contributed by atoms with Crippen molar-refractivity contribution in [3.63, 3.8) is 0 Å². The van der Waals surface area contributed by atoms with Crippen molar-refractivity contribution < 1.29 is 4.79 Å². The van der Waals surface area contributed by atoms with Crippen LogP contribution in [0.4, 0.5) is 0 Å². The summed E-state index contributed by atoms with van der Waals surface area (Å²) in [6, 6.07) is 10.2. The number of aryl methyl sites for hydroxylation is 1. The summed E-state index contributed by atoms with van der Waals surface area (Å²) < 4.78 is 0. The van der Waals surface area contributed by atoms with E-state index in [0.717, 1.165) is 11.1 Å². The number of carbonyl (C=O) groups excluding carboxylic acids is 1. The molecule has 3 nitrogen and oxygen atoms in total. The molecule has 18 heavy (non-hydrogen) atoms. The summed E-state index contributed by atoms with van der Waals surface area (Å²) in [7, 11) is 0. The van der Waals surface area contributed by atoms with Crippen LogP contribution in [0.25, 0.3) is 0 Å². The summed E-state index contributed by atoms with van der Waals surface area (Å²) in [6.07, 6.45) is 2.21. The minimum Gasteiger partial charge on any atom is -0.320 e. The second kappa shape index (κ2) is 5.28. The van der Waals surface area contributed by atoms with Gasteiger partial charge in [0.1, 0.15) is 0 Å². The third-order valence-electron chi connectivity index (χ3n) is 3.12. The molecule has 1 amide bonds. The smallest absolute Gasteiger partial charge is 0.225 e. The average molecular weight is 258 g/mol. The van der Waals surface area contributed by atoms with Crippen molar-refractivity contribution in [2.75, 3.05) is 6.26 Å². The molecule has 0 saturated carbocycles. The summed E-state index contributed by atoms with van der Waals surface area (Å²) in [4.78, 5) is 11.7. The van der Waals surface area contributed by atoms with Gasteiger partial charge in [0, 0.05) is 12.3 Å². The zero-order valence-corrected chi connectivity index (χ0v) is 11.2. The van der Waals surface area contributed by atoms with Gasteiger partial charge in [0.15, 0.2) is 0 Å². The quantitative estimate of drug-likeness (QED) is 0.887. The lowest BCUT2D eigenvalue weighted by Crippen LogP contribution is -2.30. The SMILES string of the molecule is CSC1=C(C#N)[C@H](c2ccccc2C)CC(=O)N1. The van der Waals surface area contributed by atoms with Gasteiger partial charge in [0.2, 0.25) is 5.91 Å². The third kappa shape index (κ3) is 2.27. The number of amides is 1. The molecule has 1 N–H and O–H groups in total. The van der Waals surface area contributed by atoms with Crippen LogP contribution in [-0.2, 0) is 4.79 Å². The lowest BCUT2D eigenvalue weighted by molar-refractivity contribution is -0.120. The van der Waals surface area contributed by atoms with Gasteiger partial charge in [-0.25, -0.2) is 0 Å². The number of hydrogen-bond donors (Lipinski definition) is 1. The Bertz CT molecular complexity index is 557. The number of nitrogens with one attached hydrogen (secondary N) is 1. The summed E-state index contributed by atoms with van der Waals surface area (Å²) in [6.45, 7) is 2.01. The molecule has 0 aromatic heterocycles. The van der Waals surface area contributed by atoms with Crippen LogP contribution in [0.15, 0.2) is 34.9 Å². The highest BCUT2D eigenvalue weighted by atomic mass is 32.2. The van der Waals surface area contributed by atoms with E-state index in [1.54, 1.807) is 0 Å². The maximum absolute atomic E-state index is 11.7. The predicted octanol–water partition coefficient (Wildman–Crippen LogP) is 2.70. The second-order valence-electron chi connectivity index (χ2n) is 4.22. The number of carbonyl (C=O) groups is 1. The van der Waals surface area contributed by atoms with Crippen molar-refractivity contribution in [3.8, 4) is 6.07 Å². The van der Waals surface area contributed by atoms with Gasteiger partial charge >= 0.3 is 0 Å². The van der Waals surface area contributed by atoms with E-state index >= 15 is 0 Å². The molecule has 0 unspecified atom stereocenters. The largest absolute Gasteiger partial charge is 0.320 e. The first-order chi connectivity index (χ1) is 8.67. The molecular weight excluding hydrogens is 244 g/mol. The highest BCUT2D eigenvalue weighted by Crippen LogP contribution is 2.36. The van der Waals surface area contributed by atoms with Gasteiger partial charge in [-0.2, -0.15) is 5.26 Å². The molecule has 0 radical (unpaired) electrons. The first kappa shape index (κ1) is 12.7. The fraction of sp³-hybridized carbons (Fsp3) is 0.286. The molecule has 1 aliphatic rings. The Morgan fingerprint density at radius 1 is 1.44 bits per heavy atom. The van der Waals surface area contributed by atoms with Crippen molar-refractivity contribution in [2.45, 2.75) is 19.3 Å². The molecule has 0 aliphatic carbocycles. The monoisotopic (exact) mass is 258 g/mol. The Balaban J connectivity index is 2.52. The zero-order chi connectivity index (χ0) is 13.1.